The SMILES string of the molecule is CC#CCNC(=O)Nc1cccc2c1C1(CC23OCCO3)OCCO1. The van der Waals surface area contributed by atoms with E-state index in [9.17, 15) is 4.79 Å². The predicted molar refractivity (Wildman–Crippen MR) is 88.7 cm³/mol. The minimum absolute atomic E-state index is 0.283. The molecule has 0 aromatic heterocycles. The molecule has 2 spiro atoms. The number of anilines is 1. The van der Waals surface area contributed by atoms with Crippen LogP contribution in [-0.2, 0) is 30.5 Å². The summed E-state index contributed by atoms with van der Waals surface area (Å²) in [6, 6.07) is 5.29. The van der Waals surface area contributed by atoms with Gasteiger partial charge >= 0.3 is 6.03 Å². The van der Waals surface area contributed by atoms with Gasteiger partial charge < -0.3 is 29.6 Å². The zero-order valence-corrected chi connectivity index (χ0v) is 14.0. The van der Waals surface area contributed by atoms with Crippen molar-refractivity contribution in [3.05, 3.63) is 29.3 Å². The molecule has 2 aliphatic heterocycles. The molecule has 25 heavy (non-hydrogen) atoms. The highest BCUT2D eigenvalue weighted by atomic mass is 16.8. The summed E-state index contributed by atoms with van der Waals surface area (Å²) < 4.78 is 23.8. The predicted octanol–water partition coefficient (Wildman–Crippen LogP) is 1.63. The molecule has 7 nitrogen and oxygen atoms in total. The van der Waals surface area contributed by atoms with Gasteiger partial charge in [0.2, 0.25) is 11.6 Å². The molecule has 0 atom stereocenters. The summed E-state index contributed by atoms with van der Waals surface area (Å²) in [6.07, 6.45) is 0.414. The van der Waals surface area contributed by atoms with Gasteiger partial charge in [0, 0.05) is 11.1 Å². The summed E-state index contributed by atoms with van der Waals surface area (Å²) in [5.74, 6) is 3.70. The lowest BCUT2D eigenvalue weighted by molar-refractivity contribution is -0.239. The van der Waals surface area contributed by atoms with Crippen molar-refractivity contribution < 1.29 is 23.7 Å². The Balaban J connectivity index is 1.69. The van der Waals surface area contributed by atoms with E-state index in [0.29, 0.717) is 38.5 Å². The third-order valence-corrected chi connectivity index (χ3v) is 4.59. The zero-order valence-electron chi connectivity index (χ0n) is 14.0. The number of ether oxygens (including phenoxy) is 4. The number of nitrogens with one attached hydrogen (secondary N) is 2. The fraction of sp³-hybridized carbons (Fsp3) is 0.500. The van der Waals surface area contributed by atoms with Crippen LogP contribution >= 0.6 is 0 Å². The van der Waals surface area contributed by atoms with Crippen molar-refractivity contribution in [1.82, 2.24) is 5.32 Å². The lowest BCUT2D eigenvalue weighted by Gasteiger charge is -2.26. The Bertz CT molecular complexity index is 740. The number of rotatable bonds is 2. The minimum atomic E-state index is -0.952. The zero-order chi connectivity index (χ0) is 17.3. The quantitative estimate of drug-likeness (QED) is 0.798. The van der Waals surface area contributed by atoms with Crippen molar-refractivity contribution in [3.8, 4) is 11.8 Å². The molecule has 1 aliphatic carbocycles. The van der Waals surface area contributed by atoms with E-state index in [1.807, 2.05) is 18.2 Å². The van der Waals surface area contributed by atoms with E-state index in [-0.39, 0.29) is 12.6 Å². The maximum Gasteiger partial charge on any atom is 0.320 e. The Kier molecular flexibility index (Phi) is 4.13. The van der Waals surface area contributed by atoms with E-state index in [4.69, 9.17) is 18.9 Å². The van der Waals surface area contributed by atoms with Crippen LogP contribution in [0.1, 0.15) is 24.5 Å². The van der Waals surface area contributed by atoms with Gasteiger partial charge in [-0.3, -0.25) is 0 Å². The number of hydrogen-bond acceptors (Lipinski definition) is 5. The van der Waals surface area contributed by atoms with Crippen LogP contribution in [0.25, 0.3) is 0 Å². The monoisotopic (exact) mass is 344 g/mol. The van der Waals surface area contributed by atoms with Crippen LogP contribution in [0.3, 0.4) is 0 Å². The van der Waals surface area contributed by atoms with Crippen molar-refractivity contribution in [1.29, 1.82) is 0 Å². The smallest absolute Gasteiger partial charge is 0.320 e. The highest BCUT2D eigenvalue weighted by Gasteiger charge is 2.60. The molecule has 0 bridgehead atoms. The normalized spacial score (nSPS) is 21.8. The fourth-order valence-corrected chi connectivity index (χ4v) is 3.67. The van der Waals surface area contributed by atoms with Gasteiger partial charge in [-0.25, -0.2) is 4.79 Å². The summed E-state index contributed by atoms with van der Waals surface area (Å²) in [7, 11) is 0. The molecule has 3 aliphatic rings. The first-order chi connectivity index (χ1) is 12.2. The summed E-state index contributed by atoms with van der Waals surface area (Å²) in [5, 5.41) is 5.57. The fourth-order valence-electron chi connectivity index (χ4n) is 3.67. The van der Waals surface area contributed by atoms with E-state index < -0.39 is 11.6 Å². The summed E-state index contributed by atoms with van der Waals surface area (Å²) >= 11 is 0. The summed E-state index contributed by atoms with van der Waals surface area (Å²) in [4.78, 5) is 12.2. The van der Waals surface area contributed by atoms with Crippen LogP contribution in [0, 0.1) is 11.8 Å². The van der Waals surface area contributed by atoms with Crippen LogP contribution in [0.4, 0.5) is 10.5 Å². The van der Waals surface area contributed by atoms with Crippen molar-refractivity contribution in [3.63, 3.8) is 0 Å². The first-order valence-corrected chi connectivity index (χ1v) is 8.33. The Morgan fingerprint density at radius 1 is 1.12 bits per heavy atom. The second kappa shape index (κ2) is 6.32. The average molecular weight is 344 g/mol. The maximum absolute atomic E-state index is 12.2. The number of carbonyl (C=O) groups excluding carboxylic acids is 1. The molecule has 4 rings (SSSR count). The van der Waals surface area contributed by atoms with E-state index in [2.05, 4.69) is 22.5 Å². The highest BCUT2D eigenvalue weighted by Crippen LogP contribution is 2.57. The van der Waals surface area contributed by atoms with E-state index >= 15 is 0 Å². The third-order valence-electron chi connectivity index (χ3n) is 4.59. The molecule has 2 fully saturated rings. The molecule has 132 valence electrons. The number of urea groups is 1. The Morgan fingerprint density at radius 2 is 1.80 bits per heavy atom. The number of fused-ring (bicyclic) bond motifs is 3. The van der Waals surface area contributed by atoms with Crippen molar-refractivity contribution in [2.75, 3.05) is 38.3 Å². The number of carbonyl (C=O) groups is 1. The standard InChI is InChI=1S/C18H20N2O5/c1-2-3-7-19-16(21)20-14-6-4-5-13-15(14)18(24-10-11-25-18)12-17(13)22-8-9-23-17/h4-6H,7-12H2,1H3,(H2,19,20,21). The van der Waals surface area contributed by atoms with Gasteiger partial charge in [0.1, 0.15) is 0 Å². The van der Waals surface area contributed by atoms with Crippen LogP contribution in [0.2, 0.25) is 0 Å². The minimum Gasteiger partial charge on any atom is -0.343 e. The highest BCUT2D eigenvalue weighted by molar-refractivity contribution is 5.91. The van der Waals surface area contributed by atoms with Gasteiger partial charge in [-0.05, 0) is 13.0 Å². The Morgan fingerprint density at radius 3 is 2.48 bits per heavy atom. The summed E-state index contributed by atoms with van der Waals surface area (Å²) in [5.41, 5.74) is 2.24. The van der Waals surface area contributed by atoms with Crippen LogP contribution in [0.5, 0.6) is 0 Å². The third kappa shape index (κ3) is 2.68. The van der Waals surface area contributed by atoms with E-state index in [1.54, 1.807) is 6.92 Å². The molecular formula is C18H20N2O5. The van der Waals surface area contributed by atoms with E-state index in [1.165, 1.54) is 0 Å². The molecule has 2 saturated heterocycles. The van der Waals surface area contributed by atoms with Gasteiger partial charge in [0.05, 0.1) is 45.1 Å². The maximum atomic E-state index is 12.2. The van der Waals surface area contributed by atoms with Crippen molar-refractivity contribution in [2.45, 2.75) is 24.9 Å². The summed E-state index contributed by atoms with van der Waals surface area (Å²) in [6.45, 7) is 4.02. The van der Waals surface area contributed by atoms with Crippen LogP contribution < -0.4 is 10.6 Å². The van der Waals surface area contributed by atoms with Gasteiger partial charge in [-0.2, -0.15) is 0 Å². The van der Waals surface area contributed by atoms with Gasteiger partial charge in [0.25, 0.3) is 0 Å². The molecular weight excluding hydrogens is 324 g/mol. The second-order valence-corrected chi connectivity index (χ2v) is 6.04. The van der Waals surface area contributed by atoms with Gasteiger partial charge in [0.15, 0.2) is 0 Å². The molecule has 7 heteroatoms. The molecule has 2 heterocycles. The molecule has 0 saturated carbocycles. The average Bonchev–Trinajstić information content (AvgIpc) is 3.31. The molecule has 2 N–H and O–H groups in total. The second-order valence-electron chi connectivity index (χ2n) is 6.04. The molecule has 0 radical (unpaired) electrons. The molecule has 0 unspecified atom stereocenters. The number of benzene rings is 1. The van der Waals surface area contributed by atoms with E-state index in [0.717, 1.165) is 11.1 Å². The largest absolute Gasteiger partial charge is 0.343 e. The van der Waals surface area contributed by atoms with Crippen LogP contribution in [-0.4, -0.2) is 39.0 Å². The topological polar surface area (TPSA) is 78.1 Å². The number of amides is 2. The molecule has 1 aromatic rings. The van der Waals surface area contributed by atoms with Gasteiger partial charge in [-0.1, -0.05) is 18.1 Å². The molecule has 1 aromatic carbocycles. The van der Waals surface area contributed by atoms with Crippen molar-refractivity contribution >= 4 is 11.7 Å². The Hall–Kier alpha value is -2.11. The lowest BCUT2D eigenvalue weighted by Crippen LogP contribution is -2.32. The first kappa shape index (κ1) is 16.4. The van der Waals surface area contributed by atoms with Gasteiger partial charge in [-0.15, -0.1) is 5.92 Å². The lowest BCUT2D eigenvalue weighted by atomic mass is 10.0. The Labute approximate surface area is 146 Å². The van der Waals surface area contributed by atoms with Crippen molar-refractivity contribution in [2.24, 2.45) is 0 Å². The van der Waals surface area contributed by atoms with Crippen LogP contribution in [0.15, 0.2) is 18.2 Å². The number of hydrogen-bond donors (Lipinski definition) is 2. The molecule has 2 amide bonds. The first-order valence-electron chi connectivity index (χ1n) is 8.33.